The molecule has 3 heterocycles. The topological polar surface area (TPSA) is 89.8 Å². The summed E-state index contributed by atoms with van der Waals surface area (Å²) in [5.41, 5.74) is 2.79. The van der Waals surface area contributed by atoms with Crippen molar-refractivity contribution in [1.82, 2.24) is 25.2 Å². The maximum Gasteiger partial charge on any atom is 0.315 e. The number of aryl methyl sites for hydroxylation is 1. The number of nitrogens with zero attached hydrogens (tertiary/aromatic N) is 3. The number of rotatable bonds is 6. The maximum absolute atomic E-state index is 12.2. The van der Waals surface area contributed by atoms with E-state index in [1.54, 1.807) is 0 Å². The molecule has 8 heteroatoms. The normalized spacial score (nSPS) is 16.2. The predicted octanol–water partition coefficient (Wildman–Crippen LogP) is 2.20. The molecule has 146 valence electrons. The fourth-order valence-electron chi connectivity index (χ4n) is 3.11. The zero-order valence-corrected chi connectivity index (χ0v) is 15.7. The van der Waals surface area contributed by atoms with Gasteiger partial charge in [0.15, 0.2) is 11.5 Å². The Bertz CT molecular complexity index is 965. The van der Waals surface area contributed by atoms with Gasteiger partial charge in [-0.25, -0.2) is 4.79 Å². The molecule has 1 saturated heterocycles. The van der Waals surface area contributed by atoms with Crippen molar-refractivity contribution in [2.75, 3.05) is 13.2 Å². The number of amides is 2. The number of pyridine rings is 1. The minimum atomic E-state index is -0.275. The van der Waals surface area contributed by atoms with Crippen LogP contribution >= 0.6 is 0 Å². The number of aromatic nitrogens is 3. The van der Waals surface area contributed by atoms with E-state index in [9.17, 15) is 4.79 Å². The first-order chi connectivity index (χ1) is 13.7. The average Bonchev–Trinajstić information content (AvgIpc) is 3.35. The fourth-order valence-corrected chi connectivity index (χ4v) is 3.11. The molecular weight excluding hydrogens is 358 g/mol. The van der Waals surface area contributed by atoms with Crippen molar-refractivity contribution >= 4 is 11.7 Å². The van der Waals surface area contributed by atoms with Crippen LogP contribution in [0.1, 0.15) is 23.4 Å². The highest BCUT2D eigenvalue weighted by molar-refractivity contribution is 5.73. The van der Waals surface area contributed by atoms with Crippen molar-refractivity contribution in [1.29, 1.82) is 0 Å². The second-order valence-corrected chi connectivity index (χ2v) is 6.80. The summed E-state index contributed by atoms with van der Waals surface area (Å²) in [6, 6.07) is 11.4. The van der Waals surface area contributed by atoms with Crippen LogP contribution in [0.3, 0.4) is 0 Å². The van der Waals surface area contributed by atoms with E-state index in [2.05, 4.69) is 20.8 Å². The first-order valence-corrected chi connectivity index (χ1v) is 9.33. The molecule has 1 aliphatic rings. The van der Waals surface area contributed by atoms with Gasteiger partial charge in [0.05, 0.1) is 19.8 Å². The predicted molar refractivity (Wildman–Crippen MR) is 103 cm³/mol. The van der Waals surface area contributed by atoms with Crippen molar-refractivity contribution in [3.63, 3.8) is 0 Å². The molecule has 0 saturated carbocycles. The monoisotopic (exact) mass is 381 g/mol. The lowest BCUT2D eigenvalue weighted by molar-refractivity contribution is 0.140. The Morgan fingerprint density at radius 2 is 2.14 bits per heavy atom. The summed E-state index contributed by atoms with van der Waals surface area (Å²) >= 11 is 0. The van der Waals surface area contributed by atoms with E-state index >= 15 is 0 Å². The molecule has 8 nitrogen and oxygen atoms in total. The van der Waals surface area contributed by atoms with Crippen LogP contribution in [-0.4, -0.2) is 39.9 Å². The third kappa shape index (κ3) is 4.23. The van der Waals surface area contributed by atoms with Crippen molar-refractivity contribution < 1.29 is 14.3 Å². The van der Waals surface area contributed by atoms with Gasteiger partial charge in [-0.3, -0.25) is 4.40 Å². The minimum Gasteiger partial charge on any atom is -0.488 e. The second kappa shape index (κ2) is 8.26. The standard InChI is InChI=1S/C20H23N5O3/c1-14-5-6-15(17(10-14)28-16-7-9-27-13-16)11-21-20(26)22-12-19-24-23-18-4-2-3-8-25(18)19/h2-6,8,10,16H,7,9,11-13H2,1H3,(H2,21,22,26). The molecule has 1 aliphatic heterocycles. The van der Waals surface area contributed by atoms with Crippen LogP contribution in [0.4, 0.5) is 4.79 Å². The van der Waals surface area contributed by atoms with E-state index in [0.717, 1.165) is 35.6 Å². The summed E-state index contributed by atoms with van der Waals surface area (Å²) in [6.45, 7) is 4.01. The van der Waals surface area contributed by atoms with Crippen LogP contribution in [0.5, 0.6) is 5.75 Å². The molecule has 2 amide bonds. The van der Waals surface area contributed by atoms with E-state index in [0.29, 0.717) is 19.0 Å². The van der Waals surface area contributed by atoms with Gasteiger partial charge in [0.25, 0.3) is 0 Å². The Kier molecular flexibility index (Phi) is 5.38. The number of hydrogen-bond acceptors (Lipinski definition) is 5. The van der Waals surface area contributed by atoms with Gasteiger partial charge >= 0.3 is 6.03 Å². The van der Waals surface area contributed by atoms with E-state index in [4.69, 9.17) is 9.47 Å². The second-order valence-electron chi connectivity index (χ2n) is 6.80. The van der Waals surface area contributed by atoms with Gasteiger partial charge in [0.1, 0.15) is 11.9 Å². The van der Waals surface area contributed by atoms with Crippen LogP contribution in [0.2, 0.25) is 0 Å². The Morgan fingerprint density at radius 3 is 3.00 bits per heavy atom. The number of benzene rings is 1. The van der Waals surface area contributed by atoms with Crippen molar-refractivity contribution in [3.05, 3.63) is 59.5 Å². The average molecular weight is 381 g/mol. The number of nitrogens with one attached hydrogen (secondary N) is 2. The van der Waals surface area contributed by atoms with Gasteiger partial charge in [-0.05, 0) is 30.7 Å². The quantitative estimate of drug-likeness (QED) is 0.683. The molecule has 1 aromatic carbocycles. The van der Waals surface area contributed by atoms with Gasteiger partial charge in [-0.15, -0.1) is 10.2 Å². The fraction of sp³-hybridized carbons (Fsp3) is 0.350. The van der Waals surface area contributed by atoms with Crippen LogP contribution in [0.25, 0.3) is 5.65 Å². The van der Waals surface area contributed by atoms with Gasteiger partial charge in [0, 0.05) is 24.7 Å². The lowest BCUT2D eigenvalue weighted by Crippen LogP contribution is -2.35. The number of carbonyl (C=O) groups excluding carboxylic acids is 1. The first kappa shape index (κ1) is 18.2. The summed E-state index contributed by atoms with van der Waals surface area (Å²) in [5.74, 6) is 1.46. The Balaban J connectivity index is 1.34. The summed E-state index contributed by atoms with van der Waals surface area (Å²) < 4.78 is 13.3. The van der Waals surface area contributed by atoms with E-state index in [1.807, 2.05) is 53.9 Å². The maximum atomic E-state index is 12.2. The molecule has 3 aromatic rings. The molecule has 2 aromatic heterocycles. The van der Waals surface area contributed by atoms with Crippen LogP contribution in [0.15, 0.2) is 42.6 Å². The number of carbonyl (C=O) groups is 1. The van der Waals surface area contributed by atoms with Crippen molar-refractivity contribution in [2.24, 2.45) is 0 Å². The molecule has 0 aliphatic carbocycles. The summed E-state index contributed by atoms with van der Waals surface area (Å²) in [4.78, 5) is 12.2. The minimum absolute atomic E-state index is 0.0654. The molecular formula is C20H23N5O3. The molecule has 1 fully saturated rings. The third-order valence-electron chi connectivity index (χ3n) is 4.63. The Labute approximate surface area is 162 Å². The van der Waals surface area contributed by atoms with Crippen LogP contribution < -0.4 is 15.4 Å². The van der Waals surface area contributed by atoms with E-state index in [1.165, 1.54) is 0 Å². The van der Waals surface area contributed by atoms with Crippen molar-refractivity contribution in [2.45, 2.75) is 32.5 Å². The third-order valence-corrected chi connectivity index (χ3v) is 4.63. The number of fused-ring (bicyclic) bond motifs is 1. The number of urea groups is 1. The highest BCUT2D eigenvalue weighted by atomic mass is 16.5. The summed E-state index contributed by atoms with van der Waals surface area (Å²) in [7, 11) is 0. The lowest BCUT2D eigenvalue weighted by Gasteiger charge is -2.17. The van der Waals surface area contributed by atoms with Gasteiger partial charge < -0.3 is 20.1 Å². The van der Waals surface area contributed by atoms with Gasteiger partial charge in [-0.1, -0.05) is 18.2 Å². The van der Waals surface area contributed by atoms with Gasteiger partial charge in [-0.2, -0.15) is 0 Å². The zero-order chi connectivity index (χ0) is 19.3. The Morgan fingerprint density at radius 1 is 1.25 bits per heavy atom. The smallest absolute Gasteiger partial charge is 0.315 e. The van der Waals surface area contributed by atoms with Crippen LogP contribution in [0, 0.1) is 6.92 Å². The van der Waals surface area contributed by atoms with Gasteiger partial charge in [0.2, 0.25) is 0 Å². The number of hydrogen-bond donors (Lipinski definition) is 2. The van der Waals surface area contributed by atoms with Crippen molar-refractivity contribution in [3.8, 4) is 5.75 Å². The van der Waals surface area contributed by atoms with E-state index < -0.39 is 0 Å². The summed E-state index contributed by atoms with van der Waals surface area (Å²) in [5, 5.41) is 13.9. The zero-order valence-electron chi connectivity index (χ0n) is 15.7. The molecule has 28 heavy (non-hydrogen) atoms. The molecule has 0 bridgehead atoms. The molecule has 0 radical (unpaired) electrons. The molecule has 4 rings (SSSR count). The summed E-state index contributed by atoms with van der Waals surface area (Å²) in [6.07, 6.45) is 2.82. The first-order valence-electron chi connectivity index (χ1n) is 9.33. The highest BCUT2D eigenvalue weighted by Gasteiger charge is 2.19. The van der Waals surface area contributed by atoms with E-state index in [-0.39, 0.29) is 18.7 Å². The largest absolute Gasteiger partial charge is 0.488 e. The van der Waals surface area contributed by atoms with Crippen LogP contribution in [-0.2, 0) is 17.8 Å². The molecule has 2 N–H and O–H groups in total. The molecule has 0 spiro atoms. The lowest BCUT2D eigenvalue weighted by atomic mass is 10.1. The number of ether oxygens (including phenoxy) is 2. The SMILES string of the molecule is Cc1ccc(CNC(=O)NCc2nnc3ccccn23)c(OC2CCOC2)c1. The molecule has 1 unspecified atom stereocenters. The molecule has 1 atom stereocenters. The Hall–Kier alpha value is -3.13. The highest BCUT2D eigenvalue weighted by Crippen LogP contribution is 2.23.